The van der Waals surface area contributed by atoms with Crippen molar-refractivity contribution in [3.63, 3.8) is 0 Å². The molecule has 160 valence electrons. The maximum atomic E-state index is 12.3. The molecule has 2 aromatic heterocycles. The van der Waals surface area contributed by atoms with Crippen molar-refractivity contribution in [2.75, 3.05) is 0 Å². The van der Waals surface area contributed by atoms with Crippen LogP contribution < -0.4 is 4.74 Å². The minimum atomic E-state index is -4.74. The minimum absolute atomic E-state index is 0.219. The molecule has 0 N–H and O–H groups in total. The van der Waals surface area contributed by atoms with Gasteiger partial charge in [-0.2, -0.15) is 4.98 Å². The van der Waals surface area contributed by atoms with E-state index in [0.717, 1.165) is 0 Å². The number of nitrogens with zero attached hydrogens (tertiary/aromatic N) is 5. The first-order chi connectivity index (χ1) is 14.8. The molecule has 1 aliphatic rings. The van der Waals surface area contributed by atoms with Crippen molar-refractivity contribution >= 4 is 24.0 Å². The summed E-state index contributed by atoms with van der Waals surface area (Å²) in [5, 5.41) is 4.26. The smallest absolute Gasteiger partial charge is 0.406 e. The Hall–Kier alpha value is -3.27. The lowest BCUT2D eigenvalue weighted by molar-refractivity contribution is -0.274. The third-order valence-corrected chi connectivity index (χ3v) is 4.80. The third kappa shape index (κ3) is 4.58. The lowest BCUT2D eigenvalue weighted by atomic mass is 9.99. The maximum Gasteiger partial charge on any atom is 0.573 e. The van der Waals surface area contributed by atoms with Crippen LogP contribution in [0.15, 0.2) is 50.9 Å². The first kappa shape index (κ1) is 21.0. The second-order valence-corrected chi connectivity index (χ2v) is 7.03. The highest BCUT2D eigenvalue weighted by molar-refractivity contribution is 6.29. The van der Waals surface area contributed by atoms with Gasteiger partial charge in [0.1, 0.15) is 16.6 Å². The van der Waals surface area contributed by atoms with Gasteiger partial charge in [-0.1, -0.05) is 35.8 Å². The molecule has 0 aliphatic carbocycles. The predicted octanol–water partition coefficient (Wildman–Crippen LogP) is 4.99. The topological polar surface area (TPSA) is 85.8 Å². The Morgan fingerprint density at radius 3 is 2.39 bits per heavy atom. The van der Waals surface area contributed by atoms with Crippen molar-refractivity contribution < 1.29 is 22.4 Å². The number of benzene rings is 1. The van der Waals surface area contributed by atoms with E-state index in [9.17, 15) is 13.2 Å². The van der Waals surface area contributed by atoms with E-state index in [4.69, 9.17) is 16.1 Å². The fourth-order valence-electron chi connectivity index (χ4n) is 3.16. The summed E-state index contributed by atoms with van der Waals surface area (Å²) in [5.41, 5.74) is 0.821. The quantitative estimate of drug-likeness (QED) is 0.495. The normalized spacial score (nSPS) is 14.9. The molecule has 0 spiro atoms. The Kier molecular flexibility index (Phi) is 5.48. The predicted molar refractivity (Wildman–Crippen MR) is 107 cm³/mol. The third-order valence-electron chi connectivity index (χ3n) is 4.59. The molecule has 3 heterocycles. The number of aliphatic imine (C=N–C) groups is 2. The number of ether oxygens (including phenoxy) is 1. The lowest BCUT2D eigenvalue weighted by Crippen LogP contribution is -2.21. The molecule has 0 saturated heterocycles. The molecule has 0 amide bonds. The van der Waals surface area contributed by atoms with E-state index in [0.29, 0.717) is 29.1 Å². The first-order valence-electron chi connectivity index (χ1n) is 9.22. The van der Waals surface area contributed by atoms with Gasteiger partial charge < -0.3 is 9.26 Å². The van der Waals surface area contributed by atoms with Gasteiger partial charge in [-0.05, 0) is 36.2 Å². The van der Waals surface area contributed by atoms with Gasteiger partial charge in [-0.15, -0.1) is 13.2 Å². The number of halogens is 4. The summed E-state index contributed by atoms with van der Waals surface area (Å²) in [6, 6.07) is 8.78. The highest BCUT2D eigenvalue weighted by Crippen LogP contribution is 2.38. The first-order valence-corrected chi connectivity index (χ1v) is 9.59. The van der Waals surface area contributed by atoms with E-state index in [1.165, 1.54) is 24.3 Å². The Balaban J connectivity index is 1.59. The second kappa shape index (κ2) is 8.10. The summed E-state index contributed by atoms with van der Waals surface area (Å²) < 4.78 is 46.2. The molecule has 3 aromatic rings. The van der Waals surface area contributed by atoms with Gasteiger partial charge in [-0.25, -0.2) is 4.98 Å². The molecule has 0 unspecified atom stereocenters. The SMILES string of the molecule is CCC1(c2nc(Cl)ccc2-c2nc(Cc3ccc(OC(F)(F)F)cc3)no2)N=CC=N1. The fourth-order valence-corrected chi connectivity index (χ4v) is 3.31. The van der Waals surface area contributed by atoms with E-state index < -0.39 is 12.0 Å². The van der Waals surface area contributed by atoms with Crippen LogP contribution in [-0.2, 0) is 12.1 Å². The molecule has 0 saturated carbocycles. The average molecular weight is 450 g/mol. The Morgan fingerprint density at radius 2 is 1.74 bits per heavy atom. The van der Waals surface area contributed by atoms with Crippen LogP contribution in [0.25, 0.3) is 11.5 Å². The molecule has 4 rings (SSSR count). The summed E-state index contributed by atoms with van der Waals surface area (Å²) in [4.78, 5) is 17.7. The zero-order valence-corrected chi connectivity index (χ0v) is 16.9. The van der Waals surface area contributed by atoms with Crippen LogP contribution in [0.5, 0.6) is 5.75 Å². The lowest BCUT2D eigenvalue weighted by Gasteiger charge is -2.22. The molecule has 1 aromatic carbocycles. The molecule has 0 atom stereocenters. The van der Waals surface area contributed by atoms with Gasteiger partial charge in [0.25, 0.3) is 5.89 Å². The highest BCUT2D eigenvalue weighted by Gasteiger charge is 2.36. The van der Waals surface area contributed by atoms with Gasteiger partial charge >= 0.3 is 6.36 Å². The van der Waals surface area contributed by atoms with Crippen LogP contribution in [0.2, 0.25) is 5.15 Å². The Morgan fingerprint density at radius 1 is 1.03 bits per heavy atom. The standard InChI is InChI=1S/C20H15ClF3N5O2/c1-2-19(25-9-10-26-19)17-14(7-8-15(21)27-17)18-28-16(29-31-18)11-12-3-5-13(6-4-12)30-20(22,23)24/h3-10H,2,11H2,1H3. The summed E-state index contributed by atoms with van der Waals surface area (Å²) in [6.45, 7) is 1.93. The number of rotatable bonds is 6. The van der Waals surface area contributed by atoms with Gasteiger partial charge in [-0.3, -0.25) is 9.98 Å². The van der Waals surface area contributed by atoms with Crippen molar-refractivity contribution in [3.05, 3.63) is 58.6 Å². The number of hydrogen-bond donors (Lipinski definition) is 0. The molecular weight excluding hydrogens is 435 g/mol. The molecule has 1 aliphatic heterocycles. The zero-order valence-electron chi connectivity index (χ0n) is 16.1. The Bertz CT molecular complexity index is 1130. The van der Waals surface area contributed by atoms with Gasteiger partial charge in [0.2, 0.25) is 0 Å². The second-order valence-electron chi connectivity index (χ2n) is 6.64. The van der Waals surface area contributed by atoms with Crippen molar-refractivity contribution in [3.8, 4) is 17.2 Å². The molecular formula is C20H15ClF3N5O2. The largest absolute Gasteiger partial charge is 0.573 e. The van der Waals surface area contributed by atoms with Crippen LogP contribution in [0.4, 0.5) is 13.2 Å². The number of pyridine rings is 1. The summed E-state index contributed by atoms with van der Waals surface area (Å²) >= 11 is 6.10. The summed E-state index contributed by atoms with van der Waals surface area (Å²) in [6.07, 6.45) is -0.741. The Labute approximate surface area is 179 Å². The molecule has 0 radical (unpaired) electrons. The fraction of sp³-hybridized carbons (Fsp3) is 0.250. The molecule has 11 heteroatoms. The summed E-state index contributed by atoms with van der Waals surface area (Å²) in [5.74, 6) is 0.269. The van der Waals surface area contributed by atoms with Crippen LogP contribution in [0, 0.1) is 0 Å². The van der Waals surface area contributed by atoms with Crippen molar-refractivity contribution in [2.45, 2.75) is 31.8 Å². The highest BCUT2D eigenvalue weighted by atomic mass is 35.5. The number of hydrogen-bond acceptors (Lipinski definition) is 7. The average Bonchev–Trinajstić information content (AvgIpc) is 3.39. The summed E-state index contributed by atoms with van der Waals surface area (Å²) in [7, 11) is 0. The molecule has 7 nitrogen and oxygen atoms in total. The van der Waals surface area contributed by atoms with E-state index in [1.807, 2.05) is 6.92 Å². The van der Waals surface area contributed by atoms with Crippen molar-refractivity contribution in [2.24, 2.45) is 9.98 Å². The molecule has 31 heavy (non-hydrogen) atoms. The molecule has 0 bridgehead atoms. The monoisotopic (exact) mass is 449 g/mol. The van der Waals surface area contributed by atoms with Crippen LogP contribution >= 0.6 is 11.6 Å². The van der Waals surface area contributed by atoms with Crippen LogP contribution in [-0.4, -0.2) is 33.9 Å². The van der Waals surface area contributed by atoms with Gasteiger partial charge in [0.15, 0.2) is 11.5 Å². The zero-order chi connectivity index (χ0) is 22.1. The van der Waals surface area contributed by atoms with Crippen molar-refractivity contribution in [1.29, 1.82) is 0 Å². The number of aromatic nitrogens is 3. The van der Waals surface area contributed by atoms with Crippen LogP contribution in [0.1, 0.15) is 30.4 Å². The van der Waals surface area contributed by atoms with Gasteiger partial charge in [0.05, 0.1) is 5.56 Å². The van der Waals surface area contributed by atoms with Gasteiger partial charge in [0, 0.05) is 18.9 Å². The van der Waals surface area contributed by atoms with Crippen LogP contribution in [0.3, 0.4) is 0 Å². The number of alkyl halides is 3. The molecule has 0 fully saturated rings. The maximum absolute atomic E-state index is 12.3. The minimum Gasteiger partial charge on any atom is -0.406 e. The van der Waals surface area contributed by atoms with E-state index in [-0.39, 0.29) is 23.2 Å². The van der Waals surface area contributed by atoms with E-state index >= 15 is 0 Å². The van der Waals surface area contributed by atoms with E-state index in [2.05, 4.69) is 29.8 Å². The van der Waals surface area contributed by atoms with E-state index in [1.54, 1.807) is 24.6 Å². The van der Waals surface area contributed by atoms with Crippen molar-refractivity contribution in [1.82, 2.24) is 15.1 Å².